The lowest BCUT2D eigenvalue weighted by Gasteiger charge is -2.19. The Balaban J connectivity index is 2.05. The van der Waals surface area contributed by atoms with Gasteiger partial charge >= 0.3 is 0 Å². The van der Waals surface area contributed by atoms with E-state index in [1.54, 1.807) is 17.6 Å². The first-order valence-corrected chi connectivity index (χ1v) is 6.48. The number of amides is 1. The van der Waals surface area contributed by atoms with Gasteiger partial charge < -0.3 is 9.67 Å². The summed E-state index contributed by atoms with van der Waals surface area (Å²) in [5.74, 6) is -0.612. The van der Waals surface area contributed by atoms with E-state index in [0.29, 0.717) is 5.69 Å². The van der Waals surface area contributed by atoms with Gasteiger partial charge in [0.1, 0.15) is 6.23 Å². The number of nitrogens with zero attached hydrogens (tertiary/aromatic N) is 2. The molecule has 0 saturated heterocycles. The minimum Gasteiger partial charge on any atom is -0.373 e. The third kappa shape index (κ3) is 3.46. The molecule has 7 nitrogen and oxygen atoms in total. The van der Waals surface area contributed by atoms with Crippen LogP contribution in [0.2, 0.25) is 0 Å². The van der Waals surface area contributed by atoms with Crippen LogP contribution in [-0.2, 0) is 7.05 Å². The zero-order valence-corrected chi connectivity index (χ0v) is 11.8. The molecule has 2 rings (SSSR count). The minimum absolute atomic E-state index is 0.207. The quantitative estimate of drug-likeness (QED) is 0.372. The van der Waals surface area contributed by atoms with E-state index in [1.807, 2.05) is 36.9 Å². The second-order valence-corrected chi connectivity index (χ2v) is 4.75. The molecule has 4 N–H and O–H groups in total. The molecule has 0 fully saturated rings. The molecule has 2 heterocycles. The van der Waals surface area contributed by atoms with Crippen molar-refractivity contribution in [3.63, 3.8) is 0 Å². The van der Waals surface area contributed by atoms with E-state index >= 15 is 0 Å². The average molecular weight is 290 g/mol. The van der Waals surface area contributed by atoms with Crippen LogP contribution >= 0.6 is 0 Å². The second-order valence-electron chi connectivity index (χ2n) is 4.75. The highest BCUT2D eigenvalue weighted by atomic mass is 16.5. The maximum absolute atomic E-state index is 11.2. The van der Waals surface area contributed by atoms with Gasteiger partial charge in [0.2, 0.25) is 0 Å². The minimum atomic E-state index is -0.817. The van der Waals surface area contributed by atoms with Gasteiger partial charge in [-0.15, -0.1) is 0 Å². The van der Waals surface area contributed by atoms with E-state index < -0.39 is 12.1 Å². The molecule has 7 heteroatoms. The number of rotatable bonds is 5. The number of pyridine rings is 1. The van der Waals surface area contributed by atoms with Gasteiger partial charge in [0.15, 0.2) is 0 Å². The molecule has 0 bridgehead atoms. The number of hydrogen-bond acceptors (Lipinski definition) is 5. The number of nitrogens with one attached hydrogen (secondary N) is 2. The van der Waals surface area contributed by atoms with Crippen LogP contribution < -0.4 is 10.8 Å². The molecule has 1 unspecified atom stereocenters. The van der Waals surface area contributed by atoms with Crippen molar-refractivity contribution < 1.29 is 15.1 Å². The summed E-state index contributed by atoms with van der Waals surface area (Å²) in [6.07, 6.45) is 2.40. The Bertz CT molecular complexity index is 609. The van der Waals surface area contributed by atoms with Crippen molar-refractivity contribution in [2.45, 2.75) is 19.2 Å². The van der Waals surface area contributed by atoms with E-state index in [4.69, 9.17) is 5.21 Å². The van der Waals surface area contributed by atoms with Gasteiger partial charge in [0.25, 0.3) is 5.91 Å². The van der Waals surface area contributed by atoms with E-state index in [9.17, 15) is 9.90 Å². The van der Waals surface area contributed by atoms with Crippen molar-refractivity contribution in [2.24, 2.45) is 7.05 Å². The van der Waals surface area contributed by atoms with Gasteiger partial charge in [-0.25, -0.2) is 5.48 Å². The zero-order valence-electron chi connectivity index (χ0n) is 11.8. The molecule has 112 valence electrons. The third-order valence-corrected chi connectivity index (χ3v) is 3.27. The van der Waals surface area contributed by atoms with E-state index in [1.165, 1.54) is 6.20 Å². The summed E-state index contributed by atoms with van der Waals surface area (Å²) in [6, 6.07) is 6.69. The van der Waals surface area contributed by atoms with Crippen LogP contribution in [0.4, 0.5) is 0 Å². The van der Waals surface area contributed by atoms with Crippen molar-refractivity contribution in [1.82, 2.24) is 20.3 Å². The number of carbonyl (C=O) groups excluding carboxylic acids is 1. The summed E-state index contributed by atoms with van der Waals surface area (Å²) < 4.78 is 1.83. The molecule has 0 aromatic carbocycles. The molecule has 2 atom stereocenters. The number of aryl methyl sites for hydroxylation is 1. The van der Waals surface area contributed by atoms with E-state index in [-0.39, 0.29) is 11.6 Å². The van der Waals surface area contributed by atoms with Crippen molar-refractivity contribution in [3.05, 3.63) is 53.6 Å². The predicted octanol–water partition coefficient (Wildman–Crippen LogP) is 0.881. The summed E-state index contributed by atoms with van der Waals surface area (Å²) in [4.78, 5) is 15.4. The Kier molecular flexibility index (Phi) is 4.69. The molecule has 0 spiro atoms. The summed E-state index contributed by atoms with van der Waals surface area (Å²) >= 11 is 0. The van der Waals surface area contributed by atoms with Crippen LogP contribution in [0.25, 0.3) is 0 Å². The van der Waals surface area contributed by atoms with Crippen LogP contribution in [0.5, 0.6) is 0 Å². The topological polar surface area (TPSA) is 99.4 Å². The fourth-order valence-electron chi connectivity index (χ4n) is 2.03. The lowest BCUT2D eigenvalue weighted by molar-refractivity contribution is 0.0705. The molecule has 0 aliphatic carbocycles. The van der Waals surface area contributed by atoms with Crippen LogP contribution in [0.15, 0.2) is 36.7 Å². The average Bonchev–Trinajstić information content (AvgIpc) is 2.92. The highest BCUT2D eigenvalue weighted by Gasteiger charge is 2.16. The number of hydroxylamine groups is 1. The summed E-state index contributed by atoms with van der Waals surface area (Å²) in [5, 5.41) is 21.7. The molecule has 0 aliphatic heterocycles. The Morgan fingerprint density at radius 3 is 2.67 bits per heavy atom. The Labute approximate surface area is 122 Å². The first-order chi connectivity index (χ1) is 10.0. The molecular weight excluding hydrogens is 272 g/mol. The smallest absolute Gasteiger partial charge is 0.276 e. The third-order valence-electron chi connectivity index (χ3n) is 3.27. The zero-order chi connectivity index (χ0) is 15.4. The first kappa shape index (κ1) is 15.2. The Morgan fingerprint density at radius 2 is 2.14 bits per heavy atom. The van der Waals surface area contributed by atoms with Crippen LogP contribution in [0.3, 0.4) is 0 Å². The summed E-state index contributed by atoms with van der Waals surface area (Å²) in [5.41, 5.74) is 3.24. The van der Waals surface area contributed by atoms with Gasteiger partial charge in [0, 0.05) is 25.5 Å². The fourth-order valence-corrected chi connectivity index (χ4v) is 2.03. The number of carbonyl (C=O) groups is 1. The van der Waals surface area contributed by atoms with Gasteiger partial charge in [0.05, 0.1) is 17.0 Å². The molecule has 0 aliphatic rings. The summed E-state index contributed by atoms with van der Waals surface area (Å²) in [7, 11) is 1.85. The molecule has 1 amide bonds. The monoisotopic (exact) mass is 290 g/mol. The molecular formula is C14H18N4O3. The molecule has 2 aromatic rings. The van der Waals surface area contributed by atoms with E-state index in [2.05, 4.69) is 10.3 Å². The van der Waals surface area contributed by atoms with Crippen molar-refractivity contribution in [3.8, 4) is 0 Å². The maximum Gasteiger partial charge on any atom is 0.276 e. The van der Waals surface area contributed by atoms with Crippen LogP contribution in [0, 0.1) is 0 Å². The van der Waals surface area contributed by atoms with E-state index in [0.717, 1.165) is 5.69 Å². The van der Waals surface area contributed by atoms with Crippen molar-refractivity contribution in [2.75, 3.05) is 0 Å². The molecule has 0 radical (unpaired) electrons. The lowest BCUT2D eigenvalue weighted by atomic mass is 10.1. The lowest BCUT2D eigenvalue weighted by Crippen LogP contribution is -2.26. The largest absolute Gasteiger partial charge is 0.373 e. The summed E-state index contributed by atoms with van der Waals surface area (Å²) in [6.45, 7) is 1.86. The molecule has 21 heavy (non-hydrogen) atoms. The highest BCUT2D eigenvalue weighted by molar-refractivity contribution is 5.92. The van der Waals surface area contributed by atoms with Crippen molar-refractivity contribution in [1.29, 1.82) is 0 Å². The number of aliphatic hydroxyl groups is 1. The normalized spacial score (nSPS) is 13.7. The Morgan fingerprint density at radius 1 is 1.38 bits per heavy atom. The van der Waals surface area contributed by atoms with Crippen molar-refractivity contribution >= 4 is 5.91 Å². The highest BCUT2D eigenvalue weighted by Crippen LogP contribution is 2.16. The first-order valence-electron chi connectivity index (χ1n) is 6.48. The number of hydrogen-bond donors (Lipinski definition) is 4. The van der Waals surface area contributed by atoms with Gasteiger partial charge in [-0.2, -0.15) is 0 Å². The van der Waals surface area contributed by atoms with Crippen LogP contribution in [-0.4, -0.2) is 25.8 Å². The fraction of sp³-hybridized carbons (Fsp3) is 0.286. The van der Waals surface area contributed by atoms with Crippen LogP contribution in [0.1, 0.15) is 40.9 Å². The Hall–Kier alpha value is -2.22. The molecule has 0 saturated carbocycles. The predicted molar refractivity (Wildman–Crippen MR) is 75.4 cm³/mol. The van der Waals surface area contributed by atoms with Gasteiger partial charge in [-0.1, -0.05) is 0 Å². The number of aliphatic hydroxyl groups excluding tert-OH is 1. The second kappa shape index (κ2) is 6.49. The standard InChI is InChI=1S/C14H18N4O3/c1-9(16-14(20)12-4-3-7-18(12)2)11-6-5-10(8-15-11)13(19)17-21/h3-9,14,16,20-21H,1-2H3,(H,17,19)/t9-,14?/m0/s1. The SMILES string of the molecule is C[C@H](NC(O)c1cccn1C)c1ccc(C(=O)NO)cn1. The number of aromatic nitrogens is 2. The van der Waals surface area contributed by atoms with Gasteiger partial charge in [-0.05, 0) is 31.2 Å². The maximum atomic E-state index is 11.2. The molecule has 2 aromatic heterocycles. The van der Waals surface area contributed by atoms with Gasteiger partial charge in [-0.3, -0.25) is 20.3 Å².